The SMILES string of the molecule is Ic1ccc(Oc2nccn3nnnc23)cc1. The Bertz CT molecular complexity index is 651. The van der Waals surface area contributed by atoms with Gasteiger partial charge in [-0.2, -0.15) is 4.52 Å². The van der Waals surface area contributed by atoms with Gasteiger partial charge in [0.2, 0.25) is 5.65 Å². The fraction of sp³-hybridized carbons (Fsp3) is 0. The molecule has 0 saturated carbocycles. The highest BCUT2D eigenvalue weighted by atomic mass is 127. The molecule has 1 aromatic carbocycles. The van der Waals surface area contributed by atoms with Gasteiger partial charge in [0, 0.05) is 9.77 Å². The molecule has 0 bridgehead atoms. The van der Waals surface area contributed by atoms with Gasteiger partial charge in [0.1, 0.15) is 5.75 Å². The number of fused-ring (bicyclic) bond motifs is 1. The molecule has 0 amide bonds. The van der Waals surface area contributed by atoms with Crippen LogP contribution in [0.25, 0.3) is 5.65 Å². The summed E-state index contributed by atoms with van der Waals surface area (Å²) in [7, 11) is 0. The van der Waals surface area contributed by atoms with E-state index in [0.29, 0.717) is 17.3 Å². The number of nitrogens with zero attached hydrogens (tertiary/aromatic N) is 5. The van der Waals surface area contributed by atoms with E-state index in [1.165, 1.54) is 4.52 Å². The summed E-state index contributed by atoms with van der Waals surface area (Å²) in [4.78, 5) is 4.11. The van der Waals surface area contributed by atoms with Crippen LogP contribution in [0, 0.1) is 3.57 Å². The van der Waals surface area contributed by atoms with Crippen molar-refractivity contribution in [2.24, 2.45) is 0 Å². The Balaban J connectivity index is 1.99. The van der Waals surface area contributed by atoms with Crippen LogP contribution in [0.15, 0.2) is 36.7 Å². The lowest BCUT2D eigenvalue weighted by molar-refractivity contribution is 0.464. The van der Waals surface area contributed by atoms with Crippen molar-refractivity contribution < 1.29 is 4.74 Å². The van der Waals surface area contributed by atoms with Gasteiger partial charge in [-0.05, 0) is 57.3 Å². The van der Waals surface area contributed by atoms with E-state index in [0.717, 1.165) is 3.57 Å². The predicted molar refractivity (Wildman–Crippen MR) is 67.8 cm³/mol. The largest absolute Gasteiger partial charge is 0.436 e. The van der Waals surface area contributed by atoms with Crippen molar-refractivity contribution in [3.05, 3.63) is 40.2 Å². The van der Waals surface area contributed by atoms with Gasteiger partial charge < -0.3 is 4.74 Å². The van der Waals surface area contributed by atoms with Gasteiger partial charge in [0.15, 0.2) is 0 Å². The summed E-state index contributed by atoms with van der Waals surface area (Å²) in [6.07, 6.45) is 3.25. The summed E-state index contributed by atoms with van der Waals surface area (Å²) in [5, 5.41) is 11.2. The first-order valence-electron chi connectivity index (χ1n) is 4.79. The van der Waals surface area contributed by atoms with E-state index < -0.39 is 0 Å². The maximum absolute atomic E-state index is 5.63. The molecule has 0 spiro atoms. The van der Waals surface area contributed by atoms with Crippen LogP contribution < -0.4 is 4.74 Å². The number of aromatic nitrogens is 5. The molecule has 0 unspecified atom stereocenters. The number of hydrogen-bond acceptors (Lipinski definition) is 5. The summed E-state index contributed by atoms with van der Waals surface area (Å²) in [6, 6.07) is 7.66. The van der Waals surface area contributed by atoms with Gasteiger partial charge in [-0.25, -0.2) is 4.98 Å². The van der Waals surface area contributed by atoms with Crippen molar-refractivity contribution in [3.8, 4) is 11.6 Å². The van der Waals surface area contributed by atoms with E-state index in [1.807, 2.05) is 24.3 Å². The van der Waals surface area contributed by atoms with E-state index in [2.05, 4.69) is 43.1 Å². The average Bonchev–Trinajstić information content (AvgIpc) is 2.81. The molecule has 6 nitrogen and oxygen atoms in total. The normalized spacial score (nSPS) is 10.6. The average molecular weight is 339 g/mol. The molecule has 0 N–H and O–H groups in total. The van der Waals surface area contributed by atoms with Gasteiger partial charge in [0.05, 0.1) is 6.20 Å². The lowest BCUT2D eigenvalue weighted by atomic mass is 10.3. The monoisotopic (exact) mass is 339 g/mol. The Morgan fingerprint density at radius 3 is 2.82 bits per heavy atom. The number of benzene rings is 1. The second-order valence-corrected chi connectivity index (χ2v) is 4.48. The topological polar surface area (TPSA) is 65.2 Å². The predicted octanol–water partition coefficient (Wildman–Crippen LogP) is 1.92. The minimum atomic E-state index is 0.388. The van der Waals surface area contributed by atoms with E-state index in [9.17, 15) is 0 Å². The highest BCUT2D eigenvalue weighted by molar-refractivity contribution is 14.1. The molecule has 0 fully saturated rings. The number of tetrazole rings is 1. The Kier molecular flexibility index (Phi) is 2.59. The molecule has 2 aromatic heterocycles. The maximum atomic E-state index is 5.63. The van der Waals surface area contributed by atoms with Crippen LogP contribution in [0.1, 0.15) is 0 Å². The van der Waals surface area contributed by atoms with Crippen molar-refractivity contribution in [1.82, 2.24) is 25.0 Å². The zero-order valence-corrected chi connectivity index (χ0v) is 10.6. The second kappa shape index (κ2) is 4.24. The third kappa shape index (κ3) is 2.05. The molecule has 0 aliphatic carbocycles. The Morgan fingerprint density at radius 2 is 2.00 bits per heavy atom. The number of hydrogen-bond donors (Lipinski definition) is 0. The van der Waals surface area contributed by atoms with Gasteiger partial charge in [-0.15, -0.1) is 5.10 Å². The lowest BCUT2D eigenvalue weighted by Gasteiger charge is -2.04. The molecule has 0 atom stereocenters. The first-order chi connectivity index (χ1) is 8.33. The van der Waals surface area contributed by atoms with Crippen LogP contribution in [0.5, 0.6) is 11.6 Å². The summed E-state index contributed by atoms with van der Waals surface area (Å²) >= 11 is 2.23. The van der Waals surface area contributed by atoms with Crippen LogP contribution in [-0.2, 0) is 0 Å². The first-order valence-corrected chi connectivity index (χ1v) is 5.87. The molecule has 17 heavy (non-hydrogen) atoms. The van der Waals surface area contributed by atoms with Crippen LogP contribution in [0.3, 0.4) is 0 Å². The minimum absolute atomic E-state index is 0.388. The number of halogens is 1. The summed E-state index contributed by atoms with van der Waals surface area (Å²) in [5.74, 6) is 1.09. The zero-order valence-electron chi connectivity index (χ0n) is 8.49. The van der Waals surface area contributed by atoms with E-state index in [4.69, 9.17) is 4.74 Å². The third-order valence-electron chi connectivity index (χ3n) is 2.11. The lowest BCUT2D eigenvalue weighted by Crippen LogP contribution is -1.94. The number of rotatable bonds is 2. The zero-order chi connectivity index (χ0) is 11.7. The van der Waals surface area contributed by atoms with Crippen LogP contribution in [-0.4, -0.2) is 25.0 Å². The fourth-order valence-corrected chi connectivity index (χ4v) is 1.70. The quantitative estimate of drug-likeness (QED) is 0.668. The molecule has 0 aliphatic rings. The molecule has 3 rings (SSSR count). The van der Waals surface area contributed by atoms with Crippen molar-refractivity contribution in [2.75, 3.05) is 0 Å². The summed E-state index contributed by atoms with van der Waals surface area (Å²) < 4.78 is 8.28. The first kappa shape index (κ1) is 10.4. The molecule has 0 radical (unpaired) electrons. The molecule has 7 heteroatoms. The van der Waals surface area contributed by atoms with E-state index in [-0.39, 0.29) is 0 Å². The van der Waals surface area contributed by atoms with Crippen LogP contribution in [0.4, 0.5) is 0 Å². The second-order valence-electron chi connectivity index (χ2n) is 3.24. The number of ether oxygens (including phenoxy) is 1. The third-order valence-corrected chi connectivity index (χ3v) is 2.83. The van der Waals surface area contributed by atoms with Crippen molar-refractivity contribution in [1.29, 1.82) is 0 Å². The summed E-state index contributed by atoms with van der Waals surface area (Å²) in [5.41, 5.74) is 0.492. The fourth-order valence-electron chi connectivity index (χ4n) is 1.34. The molecule has 2 heterocycles. The van der Waals surface area contributed by atoms with Crippen molar-refractivity contribution in [3.63, 3.8) is 0 Å². The highest BCUT2D eigenvalue weighted by Crippen LogP contribution is 2.22. The smallest absolute Gasteiger partial charge is 0.267 e. The summed E-state index contributed by atoms with van der Waals surface area (Å²) in [6.45, 7) is 0. The van der Waals surface area contributed by atoms with E-state index >= 15 is 0 Å². The Labute approximate surface area is 110 Å². The van der Waals surface area contributed by atoms with Gasteiger partial charge in [-0.1, -0.05) is 0 Å². The molecular weight excluding hydrogens is 333 g/mol. The molecule has 0 saturated heterocycles. The molecular formula is C10H6IN5O. The Hall–Kier alpha value is -1.77. The molecule has 3 aromatic rings. The molecule has 0 aliphatic heterocycles. The van der Waals surface area contributed by atoms with Crippen LogP contribution >= 0.6 is 22.6 Å². The minimum Gasteiger partial charge on any atom is -0.436 e. The Morgan fingerprint density at radius 1 is 1.18 bits per heavy atom. The molecule has 84 valence electrons. The van der Waals surface area contributed by atoms with Crippen LogP contribution in [0.2, 0.25) is 0 Å². The maximum Gasteiger partial charge on any atom is 0.267 e. The van der Waals surface area contributed by atoms with Gasteiger partial charge in [0.25, 0.3) is 5.88 Å². The van der Waals surface area contributed by atoms with Gasteiger partial charge in [-0.3, -0.25) is 0 Å². The van der Waals surface area contributed by atoms with Crippen molar-refractivity contribution >= 4 is 28.2 Å². The van der Waals surface area contributed by atoms with Gasteiger partial charge >= 0.3 is 0 Å². The highest BCUT2D eigenvalue weighted by Gasteiger charge is 2.07. The van der Waals surface area contributed by atoms with E-state index in [1.54, 1.807) is 12.4 Å². The standard InChI is InChI=1S/C10H6IN5O/c11-7-1-3-8(4-2-7)17-10-9-13-14-15-16(9)6-5-12-10/h1-6H. The van der Waals surface area contributed by atoms with Crippen molar-refractivity contribution in [2.45, 2.75) is 0 Å².